The highest BCUT2D eigenvalue weighted by Crippen LogP contribution is 2.25. The van der Waals surface area contributed by atoms with E-state index in [0.717, 1.165) is 24.9 Å². The van der Waals surface area contributed by atoms with E-state index in [2.05, 4.69) is 45.2 Å². The molecule has 0 radical (unpaired) electrons. The molecule has 0 fully saturated rings. The Kier molecular flexibility index (Phi) is 6.57. The molecule has 3 aromatic rings. The number of nitrogens with one attached hydrogen (secondary N) is 3. The number of halogens is 1. The fourth-order valence-corrected chi connectivity index (χ4v) is 2.66. The molecule has 1 amide bonds. The first kappa shape index (κ1) is 20.1. The molecule has 0 atom stereocenters. The van der Waals surface area contributed by atoms with Crippen LogP contribution in [0.25, 0.3) is 0 Å². The zero-order valence-electron chi connectivity index (χ0n) is 16.1. The molecule has 1 heterocycles. The molecule has 0 aliphatic rings. The minimum atomic E-state index is -0.444. The number of nitrogen functional groups attached to an aromatic ring is 1. The lowest BCUT2D eigenvalue weighted by Crippen LogP contribution is -2.30. The number of anilines is 4. The van der Waals surface area contributed by atoms with E-state index in [1.807, 2.05) is 12.1 Å². The third kappa shape index (κ3) is 5.41. The fourth-order valence-electron chi connectivity index (χ4n) is 2.66. The van der Waals surface area contributed by atoms with Crippen molar-refractivity contribution in [3.05, 3.63) is 71.8 Å². The van der Waals surface area contributed by atoms with E-state index >= 15 is 0 Å². The minimum absolute atomic E-state index is 0.248. The molecule has 3 rings (SSSR count). The van der Waals surface area contributed by atoms with Gasteiger partial charge in [-0.25, -0.2) is 14.4 Å². The van der Waals surface area contributed by atoms with Crippen LogP contribution in [0.5, 0.6) is 0 Å². The number of amides is 1. The number of carbonyl (C=O) groups excluding carboxylic acids is 1. The summed E-state index contributed by atoms with van der Waals surface area (Å²) in [6.45, 7) is 2.17. The Balaban J connectivity index is 1.64. The van der Waals surface area contributed by atoms with Crippen LogP contribution in [-0.4, -0.2) is 15.9 Å². The average Bonchev–Trinajstić information content (AvgIpc) is 2.74. The number of unbranched alkanes of at least 4 members (excludes halogenated alkanes) is 1. The quantitative estimate of drug-likeness (QED) is 0.430. The zero-order valence-corrected chi connectivity index (χ0v) is 16.1. The van der Waals surface area contributed by atoms with Crippen LogP contribution >= 0.6 is 0 Å². The topological polar surface area (TPSA) is 105 Å². The summed E-state index contributed by atoms with van der Waals surface area (Å²) >= 11 is 0. The highest BCUT2D eigenvalue weighted by atomic mass is 19.1. The molecular formula is C21H23FN6O. The Hall–Kier alpha value is -3.68. The van der Waals surface area contributed by atoms with Gasteiger partial charge in [-0.15, -0.1) is 0 Å². The molecule has 0 saturated carbocycles. The number of hydrazine groups is 1. The summed E-state index contributed by atoms with van der Waals surface area (Å²) in [7, 11) is 0. The molecule has 0 saturated heterocycles. The van der Waals surface area contributed by atoms with Crippen molar-refractivity contribution >= 4 is 28.9 Å². The van der Waals surface area contributed by atoms with Gasteiger partial charge >= 0.3 is 0 Å². The van der Waals surface area contributed by atoms with Crippen molar-refractivity contribution < 1.29 is 9.18 Å². The van der Waals surface area contributed by atoms with Crippen molar-refractivity contribution in [1.29, 1.82) is 0 Å². The van der Waals surface area contributed by atoms with Crippen molar-refractivity contribution in [3.63, 3.8) is 0 Å². The van der Waals surface area contributed by atoms with Gasteiger partial charge in [0.2, 0.25) is 0 Å². The maximum Gasteiger partial charge on any atom is 0.269 e. The van der Waals surface area contributed by atoms with Gasteiger partial charge in [-0.05, 0) is 54.8 Å². The van der Waals surface area contributed by atoms with Gasteiger partial charge in [-0.1, -0.05) is 25.5 Å². The van der Waals surface area contributed by atoms with Crippen LogP contribution in [0.1, 0.15) is 35.7 Å². The van der Waals surface area contributed by atoms with Crippen molar-refractivity contribution in [2.75, 3.05) is 16.5 Å². The molecule has 0 spiro atoms. The van der Waals surface area contributed by atoms with Crippen LogP contribution < -0.4 is 21.9 Å². The second-order valence-corrected chi connectivity index (χ2v) is 6.50. The summed E-state index contributed by atoms with van der Waals surface area (Å²) in [5.74, 6) is -0.193. The number of hydrogen-bond acceptors (Lipinski definition) is 6. The molecule has 8 heteroatoms. The predicted molar refractivity (Wildman–Crippen MR) is 112 cm³/mol. The van der Waals surface area contributed by atoms with Gasteiger partial charge in [0.25, 0.3) is 5.91 Å². The zero-order chi connectivity index (χ0) is 20.6. The van der Waals surface area contributed by atoms with Crippen LogP contribution in [0.3, 0.4) is 0 Å². The van der Waals surface area contributed by atoms with Gasteiger partial charge in [-0.3, -0.25) is 15.6 Å². The lowest BCUT2D eigenvalue weighted by molar-refractivity contribution is 0.0962. The summed E-state index contributed by atoms with van der Waals surface area (Å²) in [5.41, 5.74) is 14.0. The third-order valence-electron chi connectivity index (χ3n) is 4.32. The summed E-state index contributed by atoms with van der Waals surface area (Å²) in [6.07, 6.45) is 4.70. The molecule has 2 aromatic carbocycles. The van der Waals surface area contributed by atoms with E-state index in [0.29, 0.717) is 11.4 Å². The van der Waals surface area contributed by atoms with Crippen LogP contribution in [-0.2, 0) is 6.42 Å². The van der Waals surface area contributed by atoms with Gasteiger partial charge in [0.05, 0.1) is 0 Å². The number of nitrogens with zero attached hydrogens (tertiary/aromatic N) is 2. The van der Waals surface area contributed by atoms with Crippen LogP contribution in [0.2, 0.25) is 0 Å². The number of aromatic nitrogens is 2. The number of benzene rings is 2. The first-order valence-corrected chi connectivity index (χ1v) is 9.35. The number of hydrogen-bond donors (Lipinski definition) is 4. The highest BCUT2D eigenvalue weighted by molar-refractivity contribution is 5.95. The number of rotatable bonds is 8. The van der Waals surface area contributed by atoms with Crippen LogP contribution in [0.4, 0.5) is 27.4 Å². The maximum atomic E-state index is 13.0. The first-order valence-electron chi connectivity index (χ1n) is 9.35. The molecule has 150 valence electrons. The normalized spacial score (nSPS) is 10.4. The Labute approximate surface area is 168 Å². The van der Waals surface area contributed by atoms with Gasteiger partial charge in [0.15, 0.2) is 11.6 Å². The lowest BCUT2D eigenvalue weighted by Gasteiger charge is -2.13. The molecule has 5 N–H and O–H groups in total. The Morgan fingerprint density at radius 2 is 1.72 bits per heavy atom. The molecule has 1 aromatic heterocycles. The maximum absolute atomic E-state index is 13.0. The summed E-state index contributed by atoms with van der Waals surface area (Å²) in [4.78, 5) is 20.3. The Morgan fingerprint density at radius 3 is 2.41 bits per heavy atom. The van der Waals surface area contributed by atoms with Crippen molar-refractivity contribution in [1.82, 2.24) is 15.4 Å². The van der Waals surface area contributed by atoms with Crippen molar-refractivity contribution in [3.8, 4) is 0 Å². The Morgan fingerprint density at radius 1 is 1.03 bits per heavy atom. The molecule has 29 heavy (non-hydrogen) atoms. The average molecular weight is 394 g/mol. The molecule has 0 unspecified atom stereocenters. The van der Waals surface area contributed by atoms with Crippen LogP contribution in [0.15, 0.2) is 54.9 Å². The second kappa shape index (κ2) is 9.50. The van der Waals surface area contributed by atoms with E-state index in [-0.39, 0.29) is 11.5 Å². The SMILES string of the molecule is CCCCc1ccc(Nc2ncnc(NNC(=O)c3ccc(F)cc3)c2N)cc1. The van der Waals surface area contributed by atoms with Gasteiger partial charge in [0.1, 0.15) is 17.8 Å². The van der Waals surface area contributed by atoms with Gasteiger partial charge < -0.3 is 11.1 Å². The lowest BCUT2D eigenvalue weighted by atomic mass is 10.1. The second-order valence-electron chi connectivity index (χ2n) is 6.50. The first-order chi connectivity index (χ1) is 14.1. The monoisotopic (exact) mass is 394 g/mol. The minimum Gasteiger partial charge on any atom is -0.393 e. The summed E-state index contributed by atoms with van der Waals surface area (Å²) in [6, 6.07) is 13.3. The third-order valence-corrected chi connectivity index (χ3v) is 4.32. The number of aryl methyl sites for hydroxylation is 1. The van der Waals surface area contributed by atoms with E-state index in [1.54, 1.807) is 0 Å². The highest BCUT2D eigenvalue weighted by Gasteiger charge is 2.11. The Bertz CT molecular complexity index is 960. The predicted octanol–water partition coefficient (Wildman–Crippen LogP) is 4.04. The summed E-state index contributed by atoms with van der Waals surface area (Å²) in [5, 5.41) is 3.15. The molecule has 0 bridgehead atoms. The summed E-state index contributed by atoms with van der Waals surface area (Å²) < 4.78 is 13.0. The largest absolute Gasteiger partial charge is 0.393 e. The molecule has 0 aliphatic carbocycles. The van der Waals surface area contributed by atoms with E-state index in [9.17, 15) is 9.18 Å². The fraction of sp³-hybridized carbons (Fsp3) is 0.190. The molecular weight excluding hydrogens is 371 g/mol. The molecule has 7 nitrogen and oxygen atoms in total. The van der Waals surface area contributed by atoms with E-state index < -0.39 is 11.7 Å². The van der Waals surface area contributed by atoms with E-state index in [1.165, 1.54) is 36.2 Å². The smallest absolute Gasteiger partial charge is 0.269 e. The number of carbonyl (C=O) groups is 1. The standard InChI is InChI=1S/C21H23FN6O/c1-2-3-4-14-5-11-17(12-6-14)26-19-18(23)20(25-13-24-19)27-28-21(29)15-7-9-16(22)10-8-15/h5-13H,2-4,23H2,1H3,(H,28,29)(H2,24,25,26,27). The molecule has 0 aliphatic heterocycles. The number of nitrogens with two attached hydrogens (primary N) is 1. The van der Waals surface area contributed by atoms with Crippen LogP contribution in [0, 0.1) is 5.82 Å². The van der Waals surface area contributed by atoms with Crippen molar-refractivity contribution in [2.24, 2.45) is 0 Å². The van der Waals surface area contributed by atoms with Gasteiger partial charge in [-0.2, -0.15) is 0 Å². The van der Waals surface area contributed by atoms with E-state index in [4.69, 9.17) is 5.73 Å². The van der Waals surface area contributed by atoms with Crippen molar-refractivity contribution in [2.45, 2.75) is 26.2 Å². The van der Waals surface area contributed by atoms with Gasteiger partial charge in [0, 0.05) is 11.3 Å².